The summed E-state index contributed by atoms with van der Waals surface area (Å²) in [6.45, 7) is 2.64. The summed E-state index contributed by atoms with van der Waals surface area (Å²) < 4.78 is 6.69. The highest BCUT2D eigenvalue weighted by atomic mass is 16.5. The van der Waals surface area contributed by atoms with Gasteiger partial charge in [-0.15, -0.1) is 5.10 Å². The SMILES string of the molecule is CCOC(=O)c1ccccc1NC(=O)NCCn1nnc2cc(C(=O)NC3CCCC3)ccc21. The van der Waals surface area contributed by atoms with E-state index in [1.54, 1.807) is 48.0 Å². The lowest BCUT2D eigenvalue weighted by Crippen LogP contribution is -2.32. The van der Waals surface area contributed by atoms with Crippen LogP contribution in [0.5, 0.6) is 0 Å². The highest BCUT2D eigenvalue weighted by Crippen LogP contribution is 2.19. The molecule has 1 heterocycles. The Morgan fingerprint density at radius 2 is 1.91 bits per heavy atom. The molecule has 0 spiro atoms. The lowest BCUT2D eigenvalue weighted by Gasteiger charge is -2.12. The molecule has 1 saturated carbocycles. The molecule has 3 aromatic rings. The minimum atomic E-state index is -0.497. The van der Waals surface area contributed by atoms with Gasteiger partial charge in [0, 0.05) is 18.2 Å². The van der Waals surface area contributed by atoms with Gasteiger partial charge in [-0.3, -0.25) is 4.79 Å². The van der Waals surface area contributed by atoms with Crippen molar-refractivity contribution in [3.63, 3.8) is 0 Å². The molecule has 0 atom stereocenters. The van der Waals surface area contributed by atoms with Crippen LogP contribution >= 0.6 is 0 Å². The summed E-state index contributed by atoms with van der Waals surface area (Å²) in [5, 5.41) is 16.8. The van der Waals surface area contributed by atoms with Gasteiger partial charge in [0.05, 0.1) is 29.9 Å². The third-order valence-corrected chi connectivity index (χ3v) is 5.75. The first kappa shape index (κ1) is 23.2. The Morgan fingerprint density at radius 1 is 1.12 bits per heavy atom. The predicted molar refractivity (Wildman–Crippen MR) is 127 cm³/mol. The molecule has 10 heteroatoms. The minimum absolute atomic E-state index is 0.0928. The largest absolute Gasteiger partial charge is 0.462 e. The topological polar surface area (TPSA) is 127 Å². The molecule has 1 aliphatic carbocycles. The number of carbonyl (C=O) groups is 3. The number of ether oxygens (including phenoxy) is 1. The summed E-state index contributed by atoms with van der Waals surface area (Å²) in [6, 6.07) is 11.8. The van der Waals surface area contributed by atoms with Crippen molar-refractivity contribution in [2.75, 3.05) is 18.5 Å². The number of rotatable bonds is 8. The summed E-state index contributed by atoms with van der Waals surface area (Å²) in [5.41, 5.74) is 2.60. The smallest absolute Gasteiger partial charge is 0.340 e. The van der Waals surface area contributed by atoms with Gasteiger partial charge >= 0.3 is 12.0 Å². The lowest BCUT2D eigenvalue weighted by molar-refractivity contribution is 0.0527. The van der Waals surface area contributed by atoms with E-state index in [4.69, 9.17) is 4.74 Å². The van der Waals surface area contributed by atoms with E-state index >= 15 is 0 Å². The van der Waals surface area contributed by atoms with E-state index in [1.165, 1.54) is 0 Å². The maximum Gasteiger partial charge on any atom is 0.340 e. The van der Waals surface area contributed by atoms with Crippen LogP contribution in [0.15, 0.2) is 42.5 Å². The maximum atomic E-state index is 12.5. The highest BCUT2D eigenvalue weighted by molar-refractivity contribution is 6.01. The van der Waals surface area contributed by atoms with Crippen LogP contribution in [0.4, 0.5) is 10.5 Å². The molecule has 1 aliphatic rings. The average molecular weight is 465 g/mol. The number of anilines is 1. The van der Waals surface area contributed by atoms with Crippen LogP contribution in [0.25, 0.3) is 11.0 Å². The second kappa shape index (κ2) is 10.8. The molecule has 1 aromatic heterocycles. The normalized spacial score (nSPS) is 13.6. The Kier molecular flexibility index (Phi) is 7.36. The van der Waals surface area contributed by atoms with Crippen LogP contribution in [0.3, 0.4) is 0 Å². The minimum Gasteiger partial charge on any atom is -0.462 e. The van der Waals surface area contributed by atoms with Gasteiger partial charge in [0.1, 0.15) is 5.52 Å². The molecule has 3 amide bonds. The molecule has 0 saturated heterocycles. The molecule has 0 aliphatic heterocycles. The van der Waals surface area contributed by atoms with E-state index in [1.807, 2.05) is 6.07 Å². The van der Waals surface area contributed by atoms with Gasteiger partial charge in [-0.25, -0.2) is 14.3 Å². The number of amides is 3. The van der Waals surface area contributed by atoms with Crippen LogP contribution in [-0.2, 0) is 11.3 Å². The highest BCUT2D eigenvalue weighted by Gasteiger charge is 2.19. The molecule has 10 nitrogen and oxygen atoms in total. The summed E-state index contributed by atoms with van der Waals surface area (Å²) in [4.78, 5) is 36.9. The van der Waals surface area contributed by atoms with Crippen molar-refractivity contribution in [2.45, 2.75) is 45.2 Å². The number of hydrogen-bond donors (Lipinski definition) is 3. The second-order valence-electron chi connectivity index (χ2n) is 8.12. The number of para-hydroxylation sites is 1. The Bertz CT molecular complexity index is 1190. The lowest BCUT2D eigenvalue weighted by atomic mass is 10.1. The Morgan fingerprint density at radius 3 is 2.71 bits per heavy atom. The number of esters is 1. The third kappa shape index (κ3) is 5.51. The van der Waals surface area contributed by atoms with Crippen molar-refractivity contribution < 1.29 is 19.1 Å². The fraction of sp³-hybridized carbons (Fsp3) is 0.375. The standard InChI is InChI=1S/C24H28N6O4/c1-2-34-23(32)18-9-5-6-10-19(18)27-24(33)25-13-14-30-21-12-11-16(15-20(21)28-29-30)22(31)26-17-7-3-4-8-17/h5-6,9-12,15,17H,2-4,7-8,13-14H2,1H3,(H,26,31)(H2,25,27,33). The summed E-state index contributed by atoms with van der Waals surface area (Å²) in [7, 11) is 0. The number of fused-ring (bicyclic) bond motifs is 1. The molecule has 178 valence electrons. The predicted octanol–water partition coefficient (Wildman–Crippen LogP) is 3.10. The number of nitrogens with zero attached hydrogens (tertiary/aromatic N) is 3. The average Bonchev–Trinajstić information content (AvgIpc) is 3.49. The number of hydrogen-bond acceptors (Lipinski definition) is 6. The molecule has 0 bridgehead atoms. The molecule has 1 fully saturated rings. The number of benzene rings is 2. The van der Waals surface area contributed by atoms with Crippen molar-refractivity contribution in [2.24, 2.45) is 0 Å². The molecular weight excluding hydrogens is 436 g/mol. The quantitative estimate of drug-likeness (QED) is 0.440. The monoisotopic (exact) mass is 464 g/mol. The van der Waals surface area contributed by atoms with Crippen LogP contribution in [0, 0.1) is 0 Å². The van der Waals surface area contributed by atoms with Crippen LogP contribution in [-0.4, -0.2) is 52.1 Å². The van der Waals surface area contributed by atoms with Crippen molar-refractivity contribution >= 4 is 34.6 Å². The van der Waals surface area contributed by atoms with E-state index in [9.17, 15) is 14.4 Å². The zero-order valence-corrected chi connectivity index (χ0v) is 19.0. The van der Waals surface area contributed by atoms with Crippen molar-refractivity contribution in [1.29, 1.82) is 0 Å². The second-order valence-corrected chi connectivity index (χ2v) is 8.12. The first-order valence-corrected chi connectivity index (χ1v) is 11.5. The van der Waals surface area contributed by atoms with Crippen molar-refractivity contribution in [3.8, 4) is 0 Å². The molecule has 2 aromatic carbocycles. The molecule has 3 N–H and O–H groups in total. The van der Waals surface area contributed by atoms with Crippen LogP contribution in [0.1, 0.15) is 53.3 Å². The van der Waals surface area contributed by atoms with Crippen molar-refractivity contribution in [3.05, 3.63) is 53.6 Å². The molecule has 34 heavy (non-hydrogen) atoms. The number of urea groups is 1. The number of carbonyl (C=O) groups excluding carboxylic acids is 3. The molecule has 4 rings (SSSR count). The van der Waals surface area contributed by atoms with Gasteiger partial charge < -0.3 is 20.7 Å². The van der Waals surface area contributed by atoms with E-state index in [0.717, 1.165) is 31.2 Å². The first-order valence-electron chi connectivity index (χ1n) is 11.5. The third-order valence-electron chi connectivity index (χ3n) is 5.75. The number of aromatic nitrogens is 3. The van der Waals surface area contributed by atoms with Gasteiger partial charge in [-0.2, -0.15) is 0 Å². The maximum absolute atomic E-state index is 12.5. The van der Waals surface area contributed by atoms with E-state index in [-0.39, 0.29) is 30.7 Å². The molecular formula is C24H28N6O4. The summed E-state index contributed by atoms with van der Waals surface area (Å²) in [5.74, 6) is -0.589. The van der Waals surface area contributed by atoms with Gasteiger partial charge in [0.2, 0.25) is 0 Å². The number of nitrogens with one attached hydrogen (secondary N) is 3. The Hall–Kier alpha value is -3.95. The Balaban J connectivity index is 1.32. The van der Waals surface area contributed by atoms with E-state index < -0.39 is 12.0 Å². The van der Waals surface area contributed by atoms with Gasteiger partial charge in [-0.1, -0.05) is 30.2 Å². The fourth-order valence-corrected chi connectivity index (χ4v) is 4.04. The van der Waals surface area contributed by atoms with Gasteiger partial charge in [0.15, 0.2) is 0 Å². The fourth-order valence-electron chi connectivity index (χ4n) is 4.04. The van der Waals surface area contributed by atoms with Gasteiger partial charge in [0.25, 0.3) is 5.91 Å². The van der Waals surface area contributed by atoms with Crippen LogP contribution in [0.2, 0.25) is 0 Å². The summed E-state index contributed by atoms with van der Waals surface area (Å²) in [6.07, 6.45) is 4.36. The molecule has 0 radical (unpaired) electrons. The van der Waals surface area contributed by atoms with E-state index in [2.05, 4.69) is 26.3 Å². The Labute approximate surface area is 197 Å². The zero-order valence-electron chi connectivity index (χ0n) is 19.0. The van der Waals surface area contributed by atoms with Crippen LogP contribution < -0.4 is 16.0 Å². The summed E-state index contributed by atoms with van der Waals surface area (Å²) >= 11 is 0. The van der Waals surface area contributed by atoms with E-state index in [0.29, 0.717) is 23.3 Å². The first-order chi connectivity index (χ1) is 16.5. The van der Waals surface area contributed by atoms with Crippen molar-refractivity contribution in [1.82, 2.24) is 25.6 Å². The zero-order chi connectivity index (χ0) is 23.9. The van der Waals surface area contributed by atoms with Gasteiger partial charge in [-0.05, 0) is 50.1 Å². The molecule has 0 unspecified atom stereocenters.